The van der Waals surface area contributed by atoms with Crippen LogP contribution in [0.15, 0.2) is 36.4 Å². The first-order valence-electron chi connectivity index (χ1n) is 8.76. The van der Waals surface area contributed by atoms with E-state index in [2.05, 4.69) is 5.32 Å². The van der Waals surface area contributed by atoms with E-state index in [1.54, 1.807) is 24.3 Å². The molecule has 0 aliphatic carbocycles. The van der Waals surface area contributed by atoms with Crippen molar-refractivity contribution in [3.8, 4) is 16.9 Å². The molecule has 2 amide bonds. The molecule has 0 bridgehead atoms. The van der Waals surface area contributed by atoms with E-state index in [0.29, 0.717) is 5.56 Å². The van der Waals surface area contributed by atoms with Crippen molar-refractivity contribution in [2.24, 2.45) is 11.7 Å². The average molecular weight is 354 g/mol. The van der Waals surface area contributed by atoms with E-state index in [9.17, 15) is 14.7 Å². The summed E-state index contributed by atoms with van der Waals surface area (Å²) in [6, 6.07) is 9.98. The van der Waals surface area contributed by atoms with E-state index in [1.807, 2.05) is 39.8 Å². The zero-order valence-electron chi connectivity index (χ0n) is 15.7. The summed E-state index contributed by atoms with van der Waals surface area (Å²) in [5, 5.41) is 12.6. The van der Waals surface area contributed by atoms with Gasteiger partial charge in [0.15, 0.2) is 0 Å². The molecule has 0 aromatic heterocycles. The summed E-state index contributed by atoms with van der Waals surface area (Å²) < 4.78 is 0. The van der Waals surface area contributed by atoms with Crippen molar-refractivity contribution >= 4 is 11.8 Å². The van der Waals surface area contributed by atoms with E-state index in [0.717, 1.165) is 28.7 Å². The third-order valence-corrected chi connectivity index (χ3v) is 5.00. The molecular formula is C21H26N2O3. The number of phenolic OH excluding ortho intramolecular Hbond substituents is 1. The largest absolute Gasteiger partial charge is 0.508 e. The molecule has 4 N–H and O–H groups in total. The third-order valence-electron chi connectivity index (χ3n) is 5.00. The number of amides is 2. The van der Waals surface area contributed by atoms with Gasteiger partial charge in [0.25, 0.3) is 5.91 Å². The van der Waals surface area contributed by atoms with Gasteiger partial charge in [0, 0.05) is 5.56 Å². The van der Waals surface area contributed by atoms with Gasteiger partial charge in [-0.15, -0.1) is 0 Å². The Morgan fingerprint density at radius 3 is 2.46 bits per heavy atom. The standard InChI is InChI=1S/C21H26N2O3/c1-5-12(2)19(20(22)25)23-21(26)16-8-6-7-15(11-16)17-9-10-18(24)14(4)13(17)3/h6-12,19,24H,5H2,1-4H3,(H2,22,25)(H,23,26)/t12-,19-/m0/s1. The minimum Gasteiger partial charge on any atom is -0.508 e. The summed E-state index contributed by atoms with van der Waals surface area (Å²) in [4.78, 5) is 24.3. The minimum atomic E-state index is -0.700. The lowest BCUT2D eigenvalue weighted by Gasteiger charge is -2.21. The molecule has 2 aromatic rings. The topological polar surface area (TPSA) is 92.4 Å². The zero-order chi connectivity index (χ0) is 19.4. The highest BCUT2D eigenvalue weighted by Crippen LogP contribution is 2.30. The first kappa shape index (κ1) is 19.5. The zero-order valence-corrected chi connectivity index (χ0v) is 15.7. The molecule has 0 spiro atoms. The van der Waals surface area contributed by atoms with Crippen LogP contribution in [0.5, 0.6) is 5.75 Å². The van der Waals surface area contributed by atoms with Crippen molar-refractivity contribution < 1.29 is 14.7 Å². The maximum atomic E-state index is 12.6. The van der Waals surface area contributed by atoms with Crippen LogP contribution in [0.3, 0.4) is 0 Å². The highest BCUT2D eigenvalue weighted by Gasteiger charge is 2.24. The van der Waals surface area contributed by atoms with Crippen molar-refractivity contribution in [3.05, 3.63) is 53.1 Å². The maximum absolute atomic E-state index is 12.6. The second-order valence-electron chi connectivity index (χ2n) is 6.70. The second-order valence-corrected chi connectivity index (χ2v) is 6.70. The van der Waals surface area contributed by atoms with Crippen molar-refractivity contribution in [1.82, 2.24) is 5.32 Å². The number of aromatic hydroxyl groups is 1. The molecule has 0 radical (unpaired) electrons. The van der Waals surface area contributed by atoms with Gasteiger partial charge in [-0.1, -0.05) is 38.5 Å². The van der Waals surface area contributed by atoms with E-state index in [1.165, 1.54) is 0 Å². The molecule has 2 rings (SSSR count). The lowest BCUT2D eigenvalue weighted by molar-refractivity contribution is -0.120. The molecule has 0 aliphatic rings. The molecule has 0 saturated carbocycles. The Morgan fingerprint density at radius 2 is 1.85 bits per heavy atom. The molecule has 0 aliphatic heterocycles. The van der Waals surface area contributed by atoms with Gasteiger partial charge in [-0.05, 0) is 60.2 Å². The van der Waals surface area contributed by atoms with Crippen LogP contribution in [0.2, 0.25) is 0 Å². The molecule has 0 unspecified atom stereocenters. The molecule has 5 nitrogen and oxygen atoms in total. The summed E-state index contributed by atoms with van der Waals surface area (Å²) in [6.07, 6.45) is 0.736. The number of primary amides is 1. The van der Waals surface area contributed by atoms with Gasteiger partial charge in [-0.2, -0.15) is 0 Å². The fourth-order valence-electron chi connectivity index (χ4n) is 2.90. The van der Waals surface area contributed by atoms with Crippen LogP contribution in [-0.2, 0) is 4.79 Å². The Morgan fingerprint density at radius 1 is 1.15 bits per heavy atom. The molecule has 2 aromatic carbocycles. The van der Waals surface area contributed by atoms with Crippen molar-refractivity contribution in [3.63, 3.8) is 0 Å². The van der Waals surface area contributed by atoms with Crippen LogP contribution in [0.25, 0.3) is 11.1 Å². The van der Waals surface area contributed by atoms with Crippen LogP contribution < -0.4 is 11.1 Å². The predicted octanol–water partition coefficient (Wildman–Crippen LogP) is 3.31. The van der Waals surface area contributed by atoms with Crippen LogP contribution in [-0.4, -0.2) is 23.0 Å². The number of nitrogens with one attached hydrogen (secondary N) is 1. The number of carbonyl (C=O) groups is 2. The smallest absolute Gasteiger partial charge is 0.251 e. The molecular weight excluding hydrogens is 328 g/mol. The van der Waals surface area contributed by atoms with Crippen molar-refractivity contribution in [1.29, 1.82) is 0 Å². The summed E-state index contributed by atoms with van der Waals surface area (Å²) >= 11 is 0. The average Bonchev–Trinajstić information content (AvgIpc) is 2.63. The number of carbonyl (C=O) groups excluding carboxylic acids is 2. The summed E-state index contributed by atoms with van der Waals surface area (Å²) in [5.74, 6) is -0.655. The van der Waals surface area contributed by atoms with E-state index < -0.39 is 11.9 Å². The van der Waals surface area contributed by atoms with Gasteiger partial charge in [-0.3, -0.25) is 9.59 Å². The molecule has 2 atom stereocenters. The first-order valence-corrected chi connectivity index (χ1v) is 8.76. The first-order chi connectivity index (χ1) is 12.3. The van der Waals surface area contributed by atoms with E-state index in [4.69, 9.17) is 5.73 Å². The minimum absolute atomic E-state index is 0.0402. The molecule has 0 heterocycles. The van der Waals surface area contributed by atoms with Gasteiger partial charge in [0.05, 0.1) is 0 Å². The van der Waals surface area contributed by atoms with Gasteiger partial charge in [0.2, 0.25) is 5.91 Å². The highest BCUT2D eigenvalue weighted by atomic mass is 16.3. The molecule has 5 heteroatoms. The SMILES string of the molecule is CC[C@H](C)[C@H](NC(=O)c1cccc(-c2ccc(O)c(C)c2C)c1)C(N)=O. The van der Waals surface area contributed by atoms with Crippen molar-refractivity contribution in [2.45, 2.75) is 40.2 Å². The molecule has 0 saturated heterocycles. The molecule has 26 heavy (non-hydrogen) atoms. The fourth-order valence-corrected chi connectivity index (χ4v) is 2.90. The van der Waals surface area contributed by atoms with Gasteiger partial charge < -0.3 is 16.2 Å². The number of rotatable bonds is 6. The highest BCUT2D eigenvalue weighted by molar-refractivity contribution is 5.98. The lowest BCUT2D eigenvalue weighted by Crippen LogP contribution is -2.48. The quantitative estimate of drug-likeness (QED) is 0.743. The van der Waals surface area contributed by atoms with Crippen LogP contribution in [0, 0.1) is 19.8 Å². The lowest BCUT2D eigenvalue weighted by atomic mass is 9.94. The van der Waals surface area contributed by atoms with Gasteiger partial charge in [0.1, 0.15) is 11.8 Å². The summed E-state index contributed by atoms with van der Waals surface area (Å²) in [6.45, 7) is 7.62. The number of phenols is 1. The molecule has 0 fully saturated rings. The Hall–Kier alpha value is -2.82. The second kappa shape index (κ2) is 8.04. The fraction of sp³-hybridized carbons (Fsp3) is 0.333. The number of hydrogen-bond acceptors (Lipinski definition) is 3. The van der Waals surface area contributed by atoms with Crippen molar-refractivity contribution in [2.75, 3.05) is 0 Å². The Balaban J connectivity index is 2.33. The number of benzene rings is 2. The van der Waals surface area contributed by atoms with Crippen LogP contribution >= 0.6 is 0 Å². The normalized spacial score (nSPS) is 13.1. The predicted molar refractivity (Wildman–Crippen MR) is 103 cm³/mol. The van der Waals surface area contributed by atoms with E-state index in [-0.39, 0.29) is 17.6 Å². The maximum Gasteiger partial charge on any atom is 0.251 e. The Labute approximate surface area is 154 Å². The molecule has 138 valence electrons. The van der Waals surface area contributed by atoms with E-state index >= 15 is 0 Å². The monoisotopic (exact) mass is 354 g/mol. The summed E-state index contributed by atoms with van der Waals surface area (Å²) in [5.41, 5.74) is 9.48. The van der Waals surface area contributed by atoms with Gasteiger partial charge >= 0.3 is 0 Å². The number of nitrogens with two attached hydrogens (primary N) is 1. The third kappa shape index (κ3) is 4.04. The Kier molecular flexibility index (Phi) is 6.03. The van der Waals surface area contributed by atoms with Crippen LogP contribution in [0.4, 0.5) is 0 Å². The summed E-state index contributed by atoms with van der Waals surface area (Å²) in [7, 11) is 0. The van der Waals surface area contributed by atoms with Gasteiger partial charge in [-0.25, -0.2) is 0 Å². The van der Waals surface area contributed by atoms with Crippen LogP contribution in [0.1, 0.15) is 41.8 Å². The Bertz CT molecular complexity index is 830. The number of hydrogen-bond donors (Lipinski definition) is 3.